The van der Waals surface area contributed by atoms with Crippen molar-refractivity contribution < 1.29 is 0 Å². The fraction of sp³-hybridized carbons (Fsp3) is 0.0769. The number of hydrogen-bond donors (Lipinski definition) is 1. The maximum Gasteiger partial charge on any atom is 0.0879 e. The molecular formula is C13H15NSi. The van der Waals surface area contributed by atoms with Crippen LogP contribution in [0.1, 0.15) is 5.56 Å². The molecule has 0 heterocycles. The zero-order valence-electron chi connectivity index (χ0n) is 8.69. The number of nitrogens with two attached hydrogens (primary N) is 1. The van der Waals surface area contributed by atoms with Crippen LogP contribution in [0.15, 0.2) is 54.6 Å². The van der Waals surface area contributed by atoms with Crippen molar-refractivity contribution in [3.8, 4) is 0 Å². The standard InChI is InChI=1S/C13H15NSi/c14-10-11-6-4-5-9-13(11)15-12-7-2-1-3-8-12/h1-9H,10,14-15H2. The van der Waals surface area contributed by atoms with Crippen molar-refractivity contribution in [2.45, 2.75) is 6.54 Å². The van der Waals surface area contributed by atoms with Crippen LogP contribution in [0, 0.1) is 0 Å². The summed E-state index contributed by atoms with van der Waals surface area (Å²) in [6.07, 6.45) is 0. The quantitative estimate of drug-likeness (QED) is 0.728. The van der Waals surface area contributed by atoms with Crippen LogP contribution in [0.2, 0.25) is 0 Å². The molecule has 0 saturated heterocycles. The van der Waals surface area contributed by atoms with Crippen molar-refractivity contribution in [3.05, 3.63) is 60.2 Å². The van der Waals surface area contributed by atoms with Crippen LogP contribution >= 0.6 is 0 Å². The Labute approximate surface area is 92.8 Å². The summed E-state index contributed by atoms with van der Waals surface area (Å²) in [6.45, 7) is 0.649. The van der Waals surface area contributed by atoms with Gasteiger partial charge >= 0.3 is 0 Å². The van der Waals surface area contributed by atoms with Gasteiger partial charge < -0.3 is 5.73 Å². The summed E-state index contributed by atoms with van der Waals surface area (Å²) in [5, 5.41) is 2.93. The molecule has 0 saturated carbocycles. The molecule has 15 heavy (non-hydrogen) atoms. The molecule has 0 spiro atoms. The van der Waals surface area contributed by atoms with Crippen molar-refractivity contribution in [2.75, 3.05) is 0 Å². The normalized spacial score (nSPS) is 11.0. The highest BCUT2D eigenvalue weighted by Gasteiger charge is 2.01. The van der Waals surface area contributed by atoms with Crippen LogP contribution in [0.25, 0.3) is 0 Å². The first-order chi connectivity index (χ1) is 7.40. The Kier molecular flexibility index (Phi) is 3.32. The Balaban J connectivity index is 2.24. The number of hydrogen-bond acceptors (Lipinski definition) is 1. The van der Waals surface area contributed by atoms with Crippen molar-refractivity contribution in [1.29, 1.82) is 0 Å². The van der Waals surface area contributed by atoms with Crippen LogP contribution in [0.4, 0.5) is 0 Å². The van der Waals surface area contributed by atoms with E-state index in [4.69, 9.17) is 5.73 Å². The topological polar surface area (TPSA) is 26.0 Å². The minimum atomic E-state index is -0.354. The molecule has 0 aliphatic rings. The van der Waals surface area contributed by atoms with Gasteiger partial charge in [-0.3, -0.25) is 0 Å². The molecular weight excluding hydrogens is 198 g/mol. The predicted molar refractivity (Wildman–Crippen MR) is 68.6 cm³/mol. The summed E-state index contributed by atoms with van der Waals surface area (Å²) in [4.78, 5) is 0. The largest absolute Gasteiger partial charge is 0.327 e. The van der Waals surface area contributed by atoms with Gasteiger partial charge in [0, 0.05) is 6.54 Å². The van der Waals surface area contributed by atoms with E-state index in [0.29, 0.717) is 6.54 Å². The summed E-state index contributed by atoms with van der Waals surface area (Å²) in [5.74, 6) is 0. The molecule has 2 aromatic rings. The molecule has 2 heteroatoms. The minimum absolute atomic E-state index is 0.354. The third-order valence-corrected chi connectivity index (χ3v) is 4.53. The molecule has 2 rings (SSSR count). The van der Waals surface area contributed by atoms with Crippen LogP contribution in [0.3, 0.4) is 0 Å². The fourth-order valence-corrected chi connectivity index (χ4v) is 3.44. The molecule has 1 nitrogen and oxygen atoms in total. The first-order valence-electron chi connectivity index (χ1n) is 5.21. The van der Waals surface area contributed by atoms with Gasteiger partial charge in [-0.2, -0.15) is 0 Å². The highest BCUT2D eigenvalue weighted by molar-refractivity contribution is 6.67. The molecule has 0 aliphatic heterocycles. The molecule has 0 radical (unpaired) electrons. The van der Waals surface area contributed by atoms with Gasteiger partial charge in [0.15, 0.2) is 0 Å². The summed E-state index contributed by atoms with van der Waals surface area (Å²) in [7, 11) is -0.354. The van der Waals surface area contributed by atoms with Gasteiger partial charge in [-0.1, -0.05) is 65.0 Å². The van der Waals surface area contributed by atoms with Crippen LogP contribution in [0.5, 0.6) is 0 Å². The van der Waals surface area contributed by atoms with Gasteiger partial charge in [-0.25, -0.2) is 0 Å². The van der Waals surface area contributed by atoms with E-state index in [-0.39, 0.29) is 9.52 Å². The second-order valence-corrected chi connectivity index (χ2v) is 5.57. The van der Waals surface area contributed by atoms with E-state index >= 15 is 0 Å². The summed E-state index contributed by atoms with van der Waals surface area (Å²) < 4.78 is 0. The van der Waals surface area contributed by atoms with Gasteiger partial charge in [-0.15, -0.1) is 0 Å². The van der Waals surface area contributed by atoms with Gasteiger partial charge in [0.05, 0.1) is 9.52 Å². The Morgan fingerprint density at radius 2 is 1.53 bits per heavy atom. The smallest absolute Gasteiger partial charge is 0.0879 e. The number of rotatable bonds is 3. The lowest BCUT2D eigenvalue weighted by atomic mass is 10.2. The molecule has 0 atom stereocenters. The molecule has 76 valence electrons. The predicted octanol–water partition coefficient (Wildman–Crippen LogP) is 0.265. The third-order valence-electron chi connectivity index (χ3n) is 2.58. The maximum absolute atomic E-state index is 5.73. The van der Waals surface area contributed by atoms with E-state index in [1.807, 2.05) is 0 Å². The Morgan fingerprint density at radius 3 is 2.27 bits per heavy atom. The summed E-state index contributed by atoms with van der Waals surface area (Å²) >= 11 is 0. The average Bonchev–Trinajstić information content (AvgIpc) is 2.31. The Bertz CT molecular complexity index is 426. The fourth-order valence-electron chi connectivity index (χ4n) is 1.74. The van der Waals surface area contributed by atoms with E-state index in [1.165, 1.54) is 15.9 Å². The summed E-state index contributed by atoms with van der Waals surface area (Å²) in [6, 6.07) is 19.2. The zero-order chi connectivity index (χ0) is 10.5. The minimum Gasteiger partial charge on any atom is -0.327 e. The molecule has 0 amide bonds. The van der Waals surface area contributed by atoms with E-state index in [0.717, 1.165) is 0 Å². The molecule has 2 aromatic carbocycles. The lowest BCUT2D eigenvalue weighted by Gasteiger charge is -2.06. The zero-order valence-corrected chi connectivity index (χ0v) is 10.1. The van der Waals surface area contributed by atoms with E-state index in [1.54, 1.807) is 0 Å². The maximum atomic E-state index is 5.73. The van der Waals surface area contributed by atoms with E-state index in [2.05, 4.69) is 54.6 Å². The van der Waals surface area contributed by atoms with E-state index in [9.17, 15) is 0 Å². The monoisotopic (exact) mass is 213 g/mol. The molecule has 0 aromatic heterocycles. The molecule has 0 aliphatic carbocycles. The van der Waals surface area contributed by atoms with E-state index < -0.39 is 0 Å². The lowest BCUT2D eigenvalue weighted by Crippen LogP contribution is -2.30. The average molecular weight is 213 g/mol. The third kappa shape index (κ3) is 2.55. The van der Waals surface area contributed by atoms with Crippen molar-refractivity contribution >= 4 is 19.9 Å². The first kappa shape index (κ1) is 10.1. The molecule has 0 unspecified atom stereocenters. The highest BCUT2D eigenvalue weighted by Crippen LogP contribution is 1.93. The van der Waals surface area contributed by atoms with Gasteiger partial charge in [0.1, 0.15) is 0 Å². The van der Waals surface area contributed by atoms with Gasteiger partial charge in [0.2, 0.25) is 0 Å². The SMILES string of the molecule is NCc1ccccc1[SiH2]c1ccccc1. The van der Waals surface area contributed by atoms with Crippen molar-refractivity contribution in [2.24, 2.45) is 5.73 Å². The molecule has 0 bridgehead atoms. The molecule has 0 fully saturated rings. The van der Waals surface area contributed by atoms with Crippen molar-refractivity contribution in [1.82, 2.24) is 0 Å². The first-order valence-corrected chi connectivity index (χ1v) is 6.62. The Morgan fingerprint density at radius 1 is 0.867 bits per heavy atom. The van der Waals surface area contributed by atoms with Crippen LogP contribution < -0.4 is 16.1 Å². The second-order valence-electron chi connectivity index (χ2n) is 3.64. The van der Waals surface area contributed by atoms with Gasteiger partial charge in [0.25, 0.3) is 0 Å². The van der Waals surface area contributed by atoms with Crippen molar-refractivity contribution in [3.63, 3.8) is 0 Å². The van der Waals surface area contributed by atoms with Crippen LogP contribution in [-0.2, 0) is 6.54 Å². The highest BCUT2D eigenvalue weighted by atomic mass is 28.2. The summed E-state index contributed by atoms with van der Waals surface area (Å²) in [5.41, 5.74) is 7.03. The lowest BCUT2D eigenvalue weighted by molar-refractivity contribution is 1.08. The van der Waals surface area contributed by atoms with Gasteiger partial charge in [-0.05, 0) is 5.56 Å². The Hall–Kier alpha value is -1.38. The molecule has 2 N–H and O–H groups in total. The van der Waals surface area contributed by atoms with Crippen LogP contribution in [-0.4, -0.2) is 9.52 Å². The second kappa shape index (κ2) is 4.91. The number of benzene rings is 2.